The molecular weight excluding hydrogens is 308 g/mol. The minimum atomic E-state index is -0.0564. The predicted octanol–water partition coefficient (Wildman–Crippen LogP) is 1.77. The van der Waals surface area contributed by atoms with E-state index in [1.807, 2.05) is 20.9 Å². The second-order valence-corrected chi connectivity index (χ2v) is 6.05. The second kappa shape index (κ2) is 6.05. The Morgan fingerprint density at radius 1 is 1.53 bits per heavy atom. The summed E-state index contributed by atoms with van der Waals surface area (Å²) in [7, 11) is 1.98. The normalized spacial score (nSPS) is 20.1. The first kappa shape index (κ1) is 14.5. The molecule has 5 nitrogen and oxygen atoms in total. The van der Waals surface area contributed by atoms with Crippen LogP contribution in [0.2, 0.25) is 0 Å². The van der Waals surface area contributed by atoms with Gasteiger partial charge in [-0.05, 0) is 49.7 Å². The number of likely N-dealkylation sites (N-methyl/N-ethyl adjacent to an activating group) is 1. The molecule has 1 aromatic rings. The van der Waals surface area contributed by atoms with Gasteiger partial charge in [-0.25, -0.2) is 4.68 Å². The van der Waals surface area contributed by atoms with Crippen molar-refractivity contribution in [1.82, 2.24) is 15.1 Å². The first-order valence-electron chi connectivity index (χ1n) is 6.74. The molecule has 0 aliphatic carbocycles. The van der Waals surface area contributed by atoms with Crippen LogP contribution in [0.15, 0.2) is 15.5 Å². The fraction of sp³-hybridized carbons (Fsp3) is 0.692. The molecule has 1 unspecified atom stereocenters. The second-order valence-electron chi connectivity index (χ2n) is 5.26. The smallest absolute Gasteiger partial charge is 0.283 e. The molecule has 1 aromatic heterocycles. The third kappa shape index (κ3) is 3.00. The number of nitrogens with zero attached hydrogens (tertiary/aromatic N) is 3. The molecule has 0 aromatic carbocycles. The Morgan fingerprint density at radius 2 is 2.26 bits per heavy atom. The summed E-state index contributed by atoms with van der Waals surface area (Å²) in [5.41, 5.74) is 0.848. The molecule has 0 amide bonds. The molecule has 2 heterocycles. The zero-order chi connectivity index (χ0) is 14.0. The fourth-order valence-electron chi connectivity index (χ4n) is 2.46. The summed E-state index contributed by atoms with van der Waals surface area (Å²) in [6.45, 7) is 5.81. The number of hydrogen-bond acceptors (Lipinski definition) is 4. The average Bonchev–Trinajstić information content (AvgIpc) is 2.41. The van der Waals surface area contributed by atoms with Crippen molar-refractivity contribution in [2.24, 2.45) is 0 Å². The summed E-state index contributed by atoms with van der Waals surface area (Å²) in [6, 6.07) is 0.553. The minimum absolute atomic E-state index is 0.0564. The van der Waals surface area contributed by atoms with E-state index in [4.69, 9.17) is 0 Å². The van der Waals surface area contributed by atoms with Gasteiger partial charge in [-0.1, -0.05) is 0 Å². The van der Waals surface area contributed by atoms with Crippen LogP contribution in [0.3, 0.4) is 0 Å². The molecule has 1 aliphatic heterocycles. The van der Waals surface area contributed by atoms with E-state index in [9.17, 15) is 4.79 Å². The van der Waals surface area contributed by atoms with Gasteiger partial charge in [-0.2, -0.15) is 5.10 Å². The zero-order valence-corrected chi connectivity index (χ0v) is 13.3. The average molecular weight is 329 g/mol. The van der Waals surface area contributed by atoms with E-state index in [0.717, 1.165) is 25.2 Å². The van der Waals surface area contributed by atoms with Crippen molar-refractivity contribution in [3.8, 4) is 0 Å². The van der Waals surface area contributed by atoms with Crippen LogP contribution in [0, 0.1) is 0 Å². The monoisotopic (exact) mass is 328 g/mol. The Hall–Kier alpha value is -0.880. The van der Waals surface area contributed by atoms with Crippen molar-refractivity contribution in [1.29, 1.82) is 0 Å². The molecule has 0 saturated carbocycles. The van der Waals surface area contributed by atoms with Crippen LogP contribution in [0.25, 0.3) is 0 Å². The maximum Gasteiger partial charge on any atom is 0.283 e. The van der Waals surface area contributed by atoms with Gasteiger partial charge in [0.15, 0.2) is 0 Å². The molecule has 1 atom stereocenters. The predicted molar refractivity (Wildman–Crippen MR) is 80.9 cm³/mol. The Morgan fingerprint density at radius 3 is 2.89 bits per heavy atom. The van der Waals surface area contributed by atoms with Crippen molar-refractivity contribution in [2.75, 3.05) is 25.0 Å². The maximum absolute atomic E-state index is 12.2. The highest BCUT2D eigenvalue weighted by Gasteiger charge is 2.22. The molecule has 2 rings (SSSR count). The van der Waals surface area contributed by atoms with Crippen LogP contribution in [-0.4, -0.2) is 36.0 Å². The lowest BCUT2D eigenvalue weighted by atomic mass is 10.1. The van der Waals surface area contributed by atoms with Gasteiger partial charge in [0.05, 0.1) is 17.9 Å². The first-order valence-corrected chi connectivity index (χ1v) is 7.53. The molecule has 0 radical (unpaired) electrons. The lowest BCUT2D eigenvalue weighted by Crippen LogP contribution is -2.45. The van der Waals surface area contributed by atoms with Crippen LogP contribution in [0.1, 0.15) is 32.7 Å². The number of aromatic nitrogens is 2. The molecule has 1 N–H and O–H groups in total. The Labute approximate surface area is 122 Å². The standard InChI is InChI=1S/C13H21BrN4O/c1-9(2)18-13(19)12(14)11(7-16-18)17-6-4-5-10(8-17)15-3/h7,9-10,15H,4-6,8H2,1-3H3. The highest BCUT2D eigenvalue weighted by molar-refractivity contribution is 9.10. The first-order chi connectivity index (χ1) is 9.04. The van der Waals surface area contributed by atoms with Gasteiger partial charge >= 0.3 is 0 Å². The van der Waals surface area contributed by atoms with Crippen LogP contribution >= 0.6 is 15.9 Å². The van der Waals surface area contributed by atoms with Gasteiger partial charge in [0.1, 0.15) is 4.47 Å². The highest BCUT2D eigenvalue weighted by Crippen LogP contribution is 2.25. The number of nitrogens with one attached hydrogen (secondary N) is 1. The van der Waals surface area contributed by atoms with Crippen LogP contribution < -0.4 is 15.8 Å². The van der Waals surface area contributed by atoms with Gasteiger partial charge in [0, 0.05) is 19.1 Å². The highest BCUT2D eigenvalue weighted by atomic mass is 79.9. The quantitative estimate of drug-likeness (QED) is 0.918. The Bertz CT molecular complexity index is 500. The van der Waals surface area contributed by atoms with Crippen LogP contribution in [0.4, 0.5) is 5.69 Å². The SMILES string of the molecule is CNC1CCCN(c2cnn(C(C)C)c(=O)c2Br)C1. The van der Waals surface area contributed by atoms with Crippen molar-refractivity contribution in [3.05, 3.63) is 21.0 Å². The van der Waals surface area contributed by atoms with Crippen molar-refractivity contribution < 1.29 is 0 Å². The molecule has 0 spiro atoms. The zero-order valence-electron chi connectivity index (χ0n) is 11.7. The van der Waals surface area contributed by atoms with E-state index >= 15 is 0 Å². The van der Waals surface area contributed by atoms with Gasteiger partial charge in [-0.3, -0.25) is 4.79 Å². The van der Waals surface area contributed by atoms with Crippen molar-refractivity contribution >= 4 is 21.6 Å². The summed E-state index contributed by atoms with van der Waals surface area (Å²) in [6.07, 6.45) is 4.11. The molecule has 19 heavy (non-hydrogen) atoms. The maximum atomic E-state index is 12.2. The summed E-state index contributed by atoms with van der Waals surface area (Å²) in [4.78, 5) is 14.5. The van der Waals surface area contributed by atoms with E-state index < -0.39 is 0 Å². The van der Waals surface area contributed by atoms with E-state index in [2.05, 4.69) is 31.2 Å². The Kier molecular flexibility index (Phi) is 4.62. The van der Waals surface area contributed by atoms with E-state index in [1.165, 1.54) is 11.1 Å². The lowest BCUT2D eigenvalue weighted by Gasteiger charge is -2.34. The molecule has 106 valence electrons. The molecule has 0 bridgehead atoms. The number of anilines is 1. The summed E-state index contributed by atoms with van der Waals surface area (Å²) in [5.74, 6) is 0. The van der Waals surface area contributed by atoms with Gasteiger partial charge < -0.3 is 10.2 Å². The topological polar surface area (TPSA) is 50.2 Å². The van der Waals surface area contributed by atoms with E-state index in [0.29, 0.717) is 10.5 Å². The Balaban J connectivity index is 2.30. The lowest BCUT2D eigenvalue weighted by molar-refractivity contribution is 0.446. The molecule has 1 aliphatic rings. The number of rotatable bonds is 3. The molecule has 6 heteroatoms. The summed E-state index contributed by atoms with van der Waals surface area (Å²) >= 11 is 3.44. The molecule has 1 fully saturated rings. The number of hydrogen-bond donors (Lipinski definition) is 1. The third-order valence-electron chi connectivity index (χ3n) is 3.58. The summed E-state index contributed by atoms with van der Waals surface area (Å²) in [5, 5.41) is 7.58. The largest absolute Gasteiger partial charge is 0.368 e. The minimum Gasteiger partial charge on any atom is -0.368 e. The number of piperidine rings is 1. The van der Waals surface area contributed by atoms with E-state index in [-0.39, 0.29) is 11.6 Å². The van der Waals surface area contributed by atoms with Gasteiger partial charge in [-0.15, -0.1) is 0 Å². The van der Waals surface area contributed by atoms with Crippen LogP contribution in [0.5, 0.6) is 0 Å². The van der Waals surface area contributed by atoms with Crippen molar-refractivity contribution in [2.45, 2.75) is 38.8 Å². The van der Waals surface area contributed by atoms with E-state index in [1.54, 1.807) is 6.20 Å². The summed E-state index contributed by atoms with van der Waals surface area (Å²) < 4.78 is 2.13. The number of halogens is 1. The van der Waals surface area contributed by atoms with Crippen molar-refractivity contribution in [3.63, 3.8) is 0 Å². The third-order valence-corrected chi connectivity index (χ3v) is 4.33. The van der Waals surface area contributed by atoms with Gasteiger partial charge in [0.25, 0.3) is 5.56 Å². The van der Waals surface area contributed by atoms with Crippen LogP contribution in [-0.2, 0) is 0 Å². The fourth-order valence-corrected chi connectivity index (χ4v) is 2.99. The molecule has 1 saturated heterocycles. The molecular formula is C13H21BrN4O. The van der Waals surface area contributed by atoms with Gasteiger partial charge in [0.2, 0.25) is 0 Å².